The summed E-state index contributed by atoms with van der Waals surface area (Å²) >= 11 is 0. The molecule has 25 heavy (non-hydrogen) atoms. The van der Waals surface area contributed by atoms with E-state index in [1.165, 1.54) is 0 Å². The van der Waals surface area contributed by atoms with E-state index in [0.717, 1.165) is 35.9 Å². The van der Waals surface area contributed by atoms with Crippen LogP contribution in [0.3, 0.4) is 0 Å². The highest BCUT2D eigenvalue weighted by atomic mass is 16.1. The van der Waals surface area contributed by atoms with Crippen LogP contribution in [0.1, 0.15) is 24.2 Å². The number of nitrogens with two attached hydrogens (primary N) is 1. The number of para-hydroxylation sites is 2. The third-order valence-electron chi connectivity index (χ3n) is 4.61. The molecule has 0 aliphatic heterocycles. The van der Waals surface area contributed by atoms with Crippen molar-refractivity contribution in [1.29, 1.82) is 0 Å². The average molecular weight is 336 g/mol. The zero-order valence-corrected chi connectivity index (χ0v) is 14.7. The van der Waals surface area contributed by atoms with Gasteiger partial charge in [-0.05, 0) is 25.2 Å². The van der Waals surface area contributed by atoms with E-state index < -0.39 is 0 Å². The number of likely N-dealkylation sites (N-methyl/N-ethyl adjacent to an activating group) is 1. The van der Waals surface area contributed by atoms with Crippen LogP contribution < -0.4 is 11.1 Å². The lowest BCUT2D eigenvalue weighted by Gasteiger charge is -2.18. The second-order valence-electron chi connectivity index (χ2n) is 6.03. The van der Waals surface area contributed by atoms with Gasteiger partial charge >= 0.3 is 0 Å². The first-order valence-electron chi connectivity index (χ1n) is 8.73. The number of pyridine rings is 1. The molecule has 0 unspecified atom stereocenters. The first-order valence-corrected chi connectivity index (χ1v) is 8.73. The normalized spacial score (nSPS) is 11.3. The van der Waals surface area contributed by atoms with Crippen molar-refractivity contribution in [3.05, 3.63) is 48.0 Å². The molecule has 0 spiro atoms. The van der Waals surface area contributed by atoms with Crippen LogP contribution in [0.15, 0.2) is 42.5 Å². The third-order valence-corrected chi connectivity index (χ3v) is 4.61. The summed E-state index contributed by atoms with van der Waals surface area (Å²) in [6.07, 6.45) is 0. The monoisotopic (exact) mass is 336 g/mol. The zero-order valence-electron chi connectivity index (χ0n) is 14.7. The highest BCUT2D eigenvalue weighted by Gasteiger charge is 2.14. The van der Waals surface area contributed by atoms with Crippen molar-refractivity contribution in [1.82, 2.24) is 15.2 Å². The second kappa shape index (κ2) is 7.49. The molecule has 5 nitrogen and oxygen atoms in total. The minimum atomic E-state index is -0.111. The van der Waals surface area contributed by atoms with Crippen molar-refractivity contribution in [3.8, 4) is 0 Å². The van der Waals surface area contributed by atoms with Gasteiger partial charge in [0.15, 0.2) is 0 Å². The first kappa shape index (κ1) is 17.2. The van der Waals surface area contributed by atoms with E-state index in [1.807, 2.05) is 36.4 Å². The van der Waals surface area contributed by atoms with Gasteiger partial charge in [-0.25, -0.2) is 4.98 Å². The quantitative estimate of drug-likeness (QED) is 0.679. The summed E-state index contributed by atoms with van der Waals surface area (Å²) in [5.74, 6) is -0.111. The van der Waals surface area contributed by atoms with Crippen molar-refractivity contribution < 1.29 is 4.79 Å². The Bertz CT molecular complexity index is 903. The van der Waals surface area contributed by atoms with Crippen LogP contribution in [0.5, 0.6) is 0 Å². The van der Waals surface area contributed by atoms with Crippen molar-refractivity contribution in [3.63, 3.8) is 0 Å². The third kappa shape index (κ3) is 3.42. The van der Waals surface area contributed by atoms with Gasteiger partial charge in [-0.2, -0.15) is 0 Å². The van der Waals surface area contributed by atoms with E-state index in [0.29, 0.717) is 23.3 Å². The molecule has 0 saturated heterocycles. The zero-order chi connectivity index (χ0) is 17.8. The molecule has 2 aromatic carbocycles. The summed E-state index contributed by atoms with van der Waals surface area (Å²) in [7, 11) is 0. The van der Waals surface area contributed by atoms with Crippen LogP contribution >= 0.6 is 0 Å². The van der Waals surface area contributed by atoms with Gasteiger partial charge in [0.05, 0.1) is 22.3 Å². The number of anilines is 1. The molecule has 0 atom stereocenters. The molecular weight excluding hydrogens is 312 g/mol. The molecule has 1 amide bonds. The maximum Gasteiger partial charge on any atom is 0.253 e. The molecule has 3 N–H and O–H groups in total. The maximum absolute atomic E-state index is 12.7. The number of hydrogen-bond donors (Lipinski definition) is 2. The standard InChI is InChI=1S/C20H24N4O/c1-3-24(4-2)13-12-22-20(25)16-10-7-9-15-18(21)14-8-5-6-11-17(14)23-19(15)16/h5-11H,3-4,12-13H2,1-2H3,(H2,21,23)(H,22,25). The van der Waals surface area contributed by atoms with E-state index in [2.05, 4.69) is 29.0 Å². The Balaban J connectivity index is 1.92. The van der Waals surface area contributed by atoms with Gasteiger partial charge in [0, 0.05) is 23.9 Å². The molecule has 1 heterocycles. The van der Waals surface area contributed by atoms with Gasteiger partial charge in [-0.1, -0.05) is 44.2 Å². The Morgan fingerprint density at radius 1 is 1.08 bits per heavy atom. The van der Waals surface area contributed by atoms with Crippen LogP contribution in [-0.2, 0) is 0 Å². The molecular formula is C20H24N4O. The van der Waals surface area contributed by atoms with E-state index >= 15 is 0 Å². The Labute approximate surface area is 147 Å². The van der Waals surface area contributed by atoms with Gasteiger partial charge in [-0.15, -0.1) is 0 Å². The van der Waals surface area contributed by atoms with Crippen molar-refractivity contribution in [2.75, 3.05) is 31.9 Å². The van der Waals surface area contributed by atoms with Crippen molar-refractivity contribution >= 4 is 33.4 Å². The van der Waals surface area contributed by atoms with Crippen LogP contribution in [0.2, 0.25) is 0 Å². The number of benzene rings is 2. The topological polar surface area (TPSA) is 71.2 Å². The summed E-state index contributed by atoms with van der Waals surface area (Å²) in [4.78, 5) is 19.6. The largest absolute Gasteiger partial charge is 0.398 e. The lowest BCUT2D eigenvalue weighted by molar-refractivity contribution is 0.0950. The number of fused-ring (bicyclic) bond motifs is 2. The number of hydrogen-bond acceptors (Lipinski definition) is 4. The van der Waals surface area contributed by atoms with Crippen molar-refractivity contribution in [2.24, 2.45) is 0 Å². The number of carbonyl (C=O) groups is 1. The molecule has 0 bridgehead atoms. The molecule has 0 aliphatic rings. The second-order valence-corrected chi connectivity index (χ2v) is 6.03. The number of amides is 1. The number of carbonyl (C=O) groups excluding carboxylic acids is 1. The summed E-state index contributed by atoms with van der Waals surface area (Å²) in [5.41, 5.74) is 9.00. The number of nitrogen functional groups attached to an aromatic ring is 1. The predicted molar refractivity (Wildman–Crippen MR) is 104 cm³/mol. The van der Waals surface area contributed by atoms with Gasteiger partial charge in [-0.3, -0.25) is 4.79 Å². The van der Waals surface area contributed by atoms with Crippen LogP contribution in [-0.4, -0.2) is 42.0 Å². The minimum Gasteiger partial charge on any atom is -0.398 e. The SMILES string of the molecule is CCN(CC)CCNC(=O)c1cccc2c(N)c3ccccc3nc12. The summed E-state index contributed by atoms with van der Waals surface area (Å²) in [5, 5.41) is 4.72. The Kier molecular flexibility index (Phi) is 5.14. The lowest BCUT2D eigenvalue weighted by atomic mass is 10.0. The number of aromatic nitrogens is 1. The smallest absolute Gasteiger partial charge is 0.253 e. The van der Waals surface area contributed by atoms with Gasteiger partial charge < -0.3 is 16.0 Å². The first-order chi connectivity index (χ1) is 12.2. The Morgan fingerprint density at radius 2 is 1.80 bits per heavy atom. The minimum absolute atomic E-state index is 0.111. The fourth-order valence-electron chi connectivity index (χ4n) is 3.09. The van der Waals surface area contributed by atoms with E-state index in [4.69, 9.17) is 5.73 Å². The molecule has 1 aromatic heterocycles. The van der Waals surface area contributed by atoms with Gasteiger partial charge in [0.25, 0.3) is 5.91 Å². The van der Waals surface area contributed by atoms with Crippen LogP contribution in [0.4, 0.5) is 5.69 Å². The highest BCUT2D eigenvalue weighted by Crippen LogP contribution is 2.29. The Hall–Kier alpha value is -2.66. The summed E-state index contributed by atoms with van der Waals surface area (Å²) in [6, 6.07) is 13.3. The highest BCUT2D eigenvalue weighted by molar-refractivity contribution is 6.13. The molecule has 3 rings (SSSR count). The maximum atomic E-state index is 12.7. The summed E-state index contributed by atoms with van der Waals surface area (Å²) in [6.45, 7) is 7.64. The molecule has 0 radical (unpaired) electrons. The molecule has 130 valence electrons. The van der Waals surface area contributed by atoms with Crippen LogP contribution in [0.25, 0.3) is 21.8 Å². The van der Waals surface area contributed by atoms with Gasteiger partial charge in [0.1, 0.15) is 0 Å². The molecule has 3 aromatic rings. The van der Waals surface area contributed by atoms with Gasteiger partial charge in [0.2, 0.25) is 0 Å². The van der Waals surface area contributed by atoms with Crippen LogP contribution in [0, 0.1) is 0 Å². The number of nitrogens with zero attached hydrogens (tertiary/aromatic N) is 2. The van der Waals surface area contributed by atoms with E-state index in [1.54, 1.807) is 6.07 Å². The van der Waals surface area contributed by atoms with E-state index in [-0.39, 0.29) is 5.91 Å². The van der Waals surface area contributed by atoms with E-state index in [9.17, 15) is 4.79 Å². The molecule has 5 heteroatoms. The lowest BCUT2D eigenvalue weighted by Crippen LogP contribution is -2.34. The fourth-order valence-corrected chi connectivity index (χ4v) is 3.09. The Morgan fingerprint density at radius 3 is 2.56 bits per heavy atom. The molecule has 0 fully saturated rings. The average Bonchev–Trinajstić information content (AvgIpc) is 2.65. The predicted octanol–water partition coefficient (Wildman–Crippen LogP) is 3.04. The van der Waals surface area contributed by atoms with Crippen molar-refractivity contribution in [2.45, 2.75) is 13.8 Å². The molecule has 0 aliphatic carbocycles. The number of rotatable bonds is 6. The summed E-state index contributed by atoms with van der Waals surface area (Å²) < 4.78 is 0. The number of nitrogens with one attached hydrogen (secondary N) is 1. The fraction of sp³-hybridized carbons (Fsp3) is 0.300. The molecule has 0 saturated carbocycles.